The highest BCUT2D eigenvalue weighted by Crippen LogP contribution is 2.38. The van der Waals surface area contributed by atoms with Crippen LogP contribution in [0.15, 0.2) is 96.2 Å². The Morgan fingerprint density at radius 1 is 0.868 bits per heavy atom. The van der Waals surface area contributed by atoms with E-state index in [1.54, 1.807) is 24.5 Å². The van der Waals surface area contributed by atoms with Crippen molar-refractivity contribution in [1.82, 2.24) is 24.1 Å². The van der Waals surface area contributed by atoms with E-state index in [0.717, 1.165) is 45.4 Å². The van der Waals surface area contributed by atoms with Crippen LogP contribution in [0.2, 0.25) is 5.02 Å². The van der Waals surface area contributed by atoms with Crippen molar-refractivity contribution in [2.75, 3.05) is 0 Å². The average molecular weight is 532 g/mol. The lowest BCUT2D eigenvalue weighted by molar-refractivity contribution is -0.141. The monoisotopic (exact) mass is 531 g/mol. The van der Waals surface area contributed by atoms with Crippen molar-refractivity contribution in [1.29, 1.82) is 0 Å². The normalized spacial score (nSPS) is 11.9. The number of benzene rings is 2. The molecule has 0 radical (unpaired) electrons. The smallest absolute Gasteiger partial charge is 0.256 e. The first kappa shape index (κ1) is 23.9. The predicted molar refractivity (Wildman–Crippen MR) is 139 cm³/mol. The molecule has 38 heavy (non-hydrogen) atoms. The third kappa shape index (κ3) is 4.20. The van der Waals surface area contributed by atoms with Gasteiger partial charge in [0.15, 0.2) is 5.65 Å². The van der Waals surface area contributed by atoms with Gasteiger partial charge in [-0.3, -0.25) is 9.97 Å². The molecular formula is C28H17ClF3N5O. The number of fused-ring (bicyclic) bond motifs is 2. The van der Waals surface area contributed by atoms with Gasteiger partial charge in [-0.2, -0.15) is 13.2 Å². The van der Waals surface area contributed by atoms with Crippen molar-refractivity contribution in [3.63, 3.8) is 0 Å². The average Bonchev–Trinajstić information content (AvgIpc) is 3.23. The minimum Gasteiger partial charge on any atom is -0.256 e. The van der Waals surface area contributed by atoms with Gasteiger partial charge in [-0.05, 0) is 58.7 Å². The summed E-state index contributed by atoms with van der Waals surface area (Å²) in [6.07, 6.45) is -0.0818. The molecule has 2 aromatic carbocycles. The number of aromatic nitrogens is 5. The highest BCUT2D eigenvalue weighted by Gasteiger charge is 2.32. The fourth-order valence-electron chi connectivity index (χ4n) is 4.50. The molecule has 0 aliphatic rings. The zero-order valence-corrected chi connectivity index (χ0v) is 20.3. The second kappa shape index (κ2) is 9.11. The molecule has 0 unspecified atom stereocenters. The summed E-state index contributed by atoms with van der Waals surface area (Å²) in [6.45, 7) is -0.0432. The number of nitrogens with zero attached hydrogens (tertiary/aromatic N) is 5. The van der Waals surface area contributed by atoms with E-state index >= 15 is 0 Å². The number of pyridine rings is 3. The van der Waals surface area contributed by atoms with E-state index in [4.69, 9.17) is 11.6 Å². The van der Waals surface area contributed by atoms with Gasteiger partial charge in [0, 0.05) is 34.6 Å². The Balaban J connectivity index is 1.56. The molecule has 0 bridgehead atoms. The molecule has 0 N–H and O–H groups in total. The largest absolute Gasteiger partial charge is 0.433 e. The van der Waals surface area contributed by atoms with Crippen molar-refractivity contribution in [3.8, 4) is 22.3 Å². The fraction of sp³-hybridized carbons (Fsp3) is 0.0714. The topological polar surface area (TPSA) is 65.1 Å². The Morgan fingerprint density at radius 2 is 1.68 bits per heavy atom. The zero-order chi connectivity index (χ0) is 26.4. The van der Waals surface area contributed by atoms with E-state index in [0.29, 0.717) is 16.2 Å². The van der Waals surface area contributed by atoms with Gasteiger partial charge in [0.05, 0.1) is 12.1 Å². The molecule has 188 valence electrons. The van der Waals surface area contributed by atoms with Crippen LogP contribution in [0.3, 0.4) is 0 Å². The molecule has 0 amide bonds. The molecule has 6 rings (SSSR count). The van der Waals surface area contributed by atoms with Gasteiger partial charge in [-0.15, -0.1) is 5.10 Å². The Hall–Kier alpha value is -4.50. The summed E-state index contributed by atoms with van der Waals surface area (Å²) in [6, 6.07) is 20.9. The zero-order valence-electron chi connectivity index (χ0n) is 19.5. The summed E-state index contributed by atoms with van der Waals surface area (Å²) in [5.41, 5.74) is 3.43. The first-order valence-corrected chi connectivity index (χ1v) is 11.9. The van der Waals surface area contributed by atoms with Gasteiger partial charge in [0.25, 0.3) is 0 Å². The lowest BCUT2D eigenvalue weighted by Crippen LogP contribution is -2.21. The molecule has 10 heteroatoms. The van der Waals surface area contributed by atoms with Gasteiger partial charge in [0.1, 0.15) is 5.69 Å². The molecule has 0 aliphatic heterocycles. The van der Waals surface area contributed by atoms with Gasteiger partial charge >= 0.3 is 11.9 Å². The summed E-state index contributed by atoms with van der Waals surface area (Å²) in [5.74, 6) is 0. The number of rotatable bonds is 4. The van der Waals surface area contributed by atoms with Crippen molar-refractivity contribution in [2.45, 2.75) is 12.7 Å². The molecule has 4 heterocycles. The maximum Gasteiger partial charge on any atom is 0.433 e. The van der Waals surface area contributed by atoms with Crippen LogP contribution in [0.4, 0.5) is 13.2 Å². The predicted octanol–water partition coefficient (Wildman–Crippen LogP) is 6.49. The second-order valence-electron chi connectivity index (χ2n) is 8.67. The van der Waals surface area contributed by atoms with Crippen molar-refractivity contribution >= 4 is 28.2 Å². The summed E-state index contributed by atoms with van der Waals surface area (Å²) in [4.78, 5) is 21.3. The van der Waals surface area contributed by atoms with Crippen molar-refractivity contribution < 1.29 is 13.2 Å². The molecule has 0 saturated carbocycles. The third-order valence-corrected chi connectivity index (χ3v) is 6.52. The van der Waals surface area contributed by atoms with Crippen LogP contribution < -0.4 is 5.69 Å². The van der Waals surface area contributed by atoms with Crippen molar-refractivity contribution in [2.24, 2.45) is 0 Å². The maximum absolute atomic E-state index is 13.3. The minimum absolute atomic E-state index is 0.0432. The van der Waals surface area contributed by atoms with Crippen LogP contribution >= 0.6 is 11.6 Å². The fourth-order valence-corrected chi connectivity index (χ4v) is 4.62. The molecule has 0 spiro atoms. The van der Waals surface area contributed by atoms with E-state index in [2.05, 4.69) is 15.1 Å². The molecule has 6 aromatic rings. The molecular weight excluding hydrogens is 515 g/mol. The molecule has 0 atom stereocenters. The van der Waals surface area contributed by atoms with E-state index in [1.165, 1.54) is 15.1 Å². The first-order valence-electron chi connectivity index (χ1n) is 11.5. The second-order valence-corrected chi connectivity index (χ2v) is 9.11. The summed E-state index contributed by atoms with van der Waals surface area (Å²) in [7, 11) is 0. The van der Waals surface area contributed by atoms with Crippen LogP contribution in [0.25, 0.3) is 38.8 Å². The van der Waals surface area contributed by atoms with E-state index < -0.39 is 17.6 Å². The lowest BCUT2D eigenvalue weighted by Gasteiger charge is -2.13. The Bertz CT molecular complexity index is 1850. The van der Waals surface area contributed by atoms with Crippen LogP contribution in [0.5, 0.6) is 0 Å². The van der Waals surface area contributed by atoms with Gasteiger partial charge in [0.2, 0.25) is 0 Å². The van der Waals surface area contributed by atoms with Gasteiger partial charge in [-0.1, -0.05) is 48.0 Å². The third-order valence-electron chi connectivity index (χ3n) is 6.27. The van der Waals surface area contributed by atoms with Crippen LogP contribution in [-0.2, 0) is 12.7 Å². The van der Waals surface area contributed by atoms with E-state index in [1.807, 2.05) is 48.5 Å². The Labute approximate surface area is 218 Å². The number of halogens is 4. The van der Waals surface area contributed by atoms with Crippen molar-refractivity contribution in [3.05, 3.63) is 118 Å². The maximum atomic E-state index is 13.3. The summed E-state index contributed by atoms with van der Waals surface area (Å²) < 4.78 is 41.4. The Kier molecular flexibility index (Phi) is 5.72. The number of alkyl halides is 3. The standard InChI is InChI=1S/C28H17ClF3N5O/c29-19-9-7-18(8-10-19)20-12-14-36-26(25(20)22-3-1-5-23-21(22)4-2-13-33-23)35-37(27(36)38)16-17-6-11-24(34-15-17)28(30,31)32/h1-15H,16H2. The van der Waals surface area contributed by atoms with Gasteiger partial charge < -0.3 is 0 Å². The summed E-state index contributed by atoms with van der Waals surface area (Å²) >= 11 is 6.13. The van der Waals surface area contributed by atoms with Crippen LogP contribution in [0.1, 0.15) is 11.3 Å². The molecule has 4 aromatic heterocycles. The summed E-state index contributed by atoms with van der Waals surface area (Å²) in [5, 5.41) is 6.11. The van der Waals surface area contributed by atoms with Crippen LogP contribution in [0, 0.1) is 0 Å². The van der Waals surface area contributed by atoms with E-state index in [-0.39, 0.29) is 6.54 Å². The van der Waals surface area contributed by atoms with E-state index in [9.17, 15) is 18.0 Å². The van der Waals surface area contributed by atoms with Crippen LogP contribution in [-0.4, -0.2) is 24.1 Å². The quantitative estimate of drug-likeness (QED) is 0.261. The molecule has 0 aliphatic carbocycles. The SMILES string of the molecule is O=c1n(Cc2ccc(C(F)(F)F)nc2)nc2c(-c3cccc4ncccc34)c(-c3ccc(Cl)cc3)ccn12. The van der Waals surface area contributed by atoms with Gasteiger partial charge in [-0.25, -0.2) is 13.9 Å². The minimum atomic E-state index is -4.54. The Morgan fingerprint density at radius 3 is 2.42 bits per heavy atom. The highest BCUT2D eigenvalue weighted by atomic mass is 35.5. The molecule has 0 fully saturated rings. The molecule has 0 saturated heterocycles. The number of hydrogen-bond donors (Lipinski definition) is 0. The lowest BCUT2D eigenvalue weighted by atomic mass is 9.93. The molecule has 6 nitrogen and oxygen atoms in total. The number of hydrogen-bond acceptors (Lipinski definition) is 4. The first-order chi connectivity index (χ1) is 18.3. The highest BCUT2D eigenvalue weighted by molar-refractivity contribution is 6.30.